The van der Waals surface area contributed by atoms with Gasteiger partial charge in [0.1, 0.15) is 0 Å². The second-order valence-electron chi connectivity index (χ2n) is 5.33. The van der Waals surface area contributed by atoms with Crippen molar-refractivity contribution < 1.29 is 14.3 Å². The highest BCUT2D eigenvalue weighted by Crippen LogP contribution is 2.20. The van der Waals surface area contributed by atoms with Crippen molar-refractivity contribution >= 4 is 46.6 Å². The summed E-state index contributed by atoms with van der Waals surface area (Å²) in [5.74, 6) is -0.970. The highest BCUT2D eigenvalue weighted by molar-refractivity contribution is 7.11. The van der Waals surface area contributed by atoms with Crippen LogP contribution in [0.3, 0.4) is 0 Å². The molecule has 0 saturated carbocycles. The number of hydrogen-bond donors (Lipinski definition) is 1. The van der Waals surface area contributed by atoms with E-state index in [1.54, 1.807) is 24.3 Å². The molecule has 1 aromatic carbocycles. The van der Waals surface area contributed by atoms with Crippen molar-refractivity contribution in [2.24, 2.45) is 0 Å². The molecule has 0 unspecified atom stereocenters. The second-order valence-corrected chi connectivity index (χ2v) is 6.71. The zero-order valence-corrected chi connectivity index (χ0v) is 15.2. The average molecular weight is 364 g/mol. The van der Waals surface area contributed by atoms with E-state index in [0.717, 1.165) is 16.0 Å². The normalized spacial score (nSPS) is 12.2. The fraction of sp³-hybridized carbons (Fsp3) is 0.222. The first-order chi connectivity index (χ1) is 11.4. The third-order valence-corrected chi connectivity index (χ3v) is 4.61. The molecular formula is C18H18ClNO3S. The first-order valence-electron chi connectivity index (χ1n) is 7.36. The molecule has 2 aromatic rings. The van der Waals surface area contributed by atoms with Gasteiger partial charge in [-0.3, -0.25) is 4.79 Å². The zero-order chi connectivity index (χ0) is 17.7. The number of hydrogen-bond acceptors (Lipinski definition) is 4. The molecule has 0 saturated heterocycles. The van der Waals surface area contributed by atoms with Gasteiger partial charge in [0.05, 0.1) is 0 Å². The van der Waals surface area contributed by atoms with Crippen molar-refractivity contribution in [3.63, 3.8) is 0 Å². The van der Waals surface area contributed by atoms with E-state index in [0.29, 0.717) is 10.7 Å². The highest BCUT2D eigenvalue weighted by Gasteiger charge is 2.17. The Hall–Kier alpha value is -2.11. The fourth-order valence-corrected chi connectivity index (χ4v) is 2.92. The van der Waals surface area contributed by atoms with Gasteiger partial charge in [0.15, 0.2) is 6.10 Å². The van der Waals surface area contributed by atoms with E-state index >= 15 is 0 Å². The molecule has 2 rings (SSSR count). The van der Waals surface area contributed by atoms with Crippen molar-refractivity contribution in [2.75, 3.05) is 5.32 Å². The largest absolute Gasteiger partial charge is 0.449 e. The van der Waals surface area contributed by atoms with E-state index in [-0.39, 0.29) is 0 Å². The van der Waals surface area contributed by atoms with E-state index in [1.165, 1.54) is 24.3 Å². The van der Waals surface area contributed by atoms with Crippen LogP contribution >= 0.6 is 22.9 Å². The lowest BCUT2D eigenvalue weighted by molar-refractivity contribution is -0.148. The molecular weight excluding hydrogens is 346 g/mol. The predicted molar refractivity (Wildman–Crippen MR) is 98.5 cm³/mol. The van der Waals surface area contributed by atoms with Gasteiger partial charge in [-0.1, -0.05) is 17.7 Å². The van der Waals surface area contributed by atoms with E-state index < -0.39 is 18.0 Å². The van der Waals surface area contributed by atoms with Gasteiger partial charge in [0, 0.05) is 21.7 Å². The number of carbonyl (C=O) groups excluding carboxylic acids is 2. The maximum absolute atomic E-state index is 12.1. The Balaban J connectivity index is 1.93. The number of rotatable bonds is 5. The number of halogens is 1. The molecule has 1 amide bonds. The Bertz CT molecular complexity index is 782. The summed E-state index contributed by atoms with van der Waals surface area (Å²) in [7, 11) is 0. The number of carbonyl (C=O) groups is 2. The van der Waals surface area contributed by atoms with Crippen LogP contribution in [0.4, 0.5) is 5.69 Å². The molecule has 0 aliphatic rings. The highest BCUT2D eigenvalue weighted by atomic mass is 35.5. The number of nitrogens with one attached hydrogen (secondary N) is 1. The van der Waals surface area contributed by atoms with Crippen molar-refractivity contribution in [1.29, 1.82) is 0 Å². The Morgan fingerprint density at radius 1 is 1.25 bits per heavy atom. The fourth-order valence-electron chi connectivity index (χ4n) is 1.93. The summed E-state index contributed by atoms with van der Waals surface area (Å²) in [6, 6.07) is 7.18. The maximum atomic E-state index is 12.1. The smallest absolute Gasteiger partial charge is 0.331 e. The Morgan fingerprint density at radius 3 is 2.67 bits per heavy atom. The zero-order valence-electron chi connectivity index (χ0n) is 13.6. The van der Waals surface area contributed by atoms with Gasteiger partial charge in [0.25, 0.3) is 5.91 Å². The molecule has 1 atom stereocenters. The van der Waals surface area contributed by atoms with Crippen LogP contribution in [0.25, 0.3) is 6.08 Å². The summed E-state index contributed by atoms with van der Waals surface area (Å²) in [5, 5.41) is 5.18. The van der Waals surface area contributed by atoms with E-state index in [2.05, 4.69) is 5.32 Å². The van der Waals surface area contributed by atoms with Crippen LogP contribution in [0, 0.1) is 13.8 Å². The molecule has 0 aliphatic heterocycles. The molecule has 0 fully saturated rings. The predicted octanol–water partition coefficient (Wildman–Crippen LogP) is 4.60. The van der Waals surface area contributed by atoms with Gasteiger partial charge in [-0.15, -0.1) is 11.3 Å². The lowest BCUT2D eigenvalue weighted by atomic mass is 10.2. The molecule has 1 heterocycles. The topological polar surface area (TPSA) is 55.4 Å². The van der Waals surface area contributed by atoms with Gasteiger partial charge in [-0.2, -0.15) is 0 Å². The first kappa shape index (κ1) is 18.2. The minimum Gasteiger partial charge on any atom is -0.449 e. The number of aryl methyl sites for hydroxylation is 2. The summed E-state index contributed by atoms with van der Waals surface area (Å²) >= 11 is 7.46. The number of thiophene rings is 1. The van der Waals surface area contributed by atoms with Gasteiger partial charge < -0.3 is 10.1 Å². The molecule has 4 nitrogen and oxygen atoms in total. The second kappa shape index (κ2) is 8.13. The first-order valence-corrected chi connectivity index (χ1v) is 8.62. The van der Waals surface area contributed by atoms with Crippen LogP contribution in [-0.2, 0) is 14.3 Å². The molecule has 1 N–H and O–H groups in total. The number of amides is 1. The molecule has 0 spiro atoms. The van der Waals surface area contributed by atoms with E-state index in [1.807, 2.05) is 25.3 Å². The van der Waals surface area contributed by atoms with Crippen LogP contribution in [0.2, 0.25) is 5.02 Å². The van der Waals surface area contributed by atoms with Crippen molar-refractivity contribution in [2.45, 2.75) is 26.9 Å². The maximum Gasteiger partial charge on any atom is 0.331 e. The molecule has 0 radical (unpaired) electrons. The number of anilines is 1. The van der Waals surface area contributed by atoms with Crippen LogP contribution in [0.1, 0.15) is 22.9 Å². The molecule has 24 heavy (non-hydrogen) atoms. The lowest BCUT2D eigenvalue weighted by Gasteiger charge is -2.14. The Morgan fingerprint density at radius 2 is 2.00 bits per heavy atom. The van der Waals surface area contributed by atoms with Crippen molar-refractivity contribution in [3.8, 4) is 0 Å². The minimum atomic E-state index is -0.912. The summed E-state index contributed by atoms with van der Waals surface area (Å²) in [4.78, 5) is 25.0. The van der Waals surface area contributed by atoms with Crippen LogP contribution in [-0.4, -0.2) is 18.0 Å². The van der Waals surface area contributed by atoms with Gasteiger partial charge in [-0.05, 0) is 61.6 Å². The van der Waals surface area contributed by atoms with Crippen molar-refractivity contribution in [3.05, 3.63) is 56.7 Å². The lowest BCUT2D eigenvalue weighted by Crippen LogP contribution is -2.29. The van der Waals surface area contributed by atoms with Gasteiger partial charge >= 0.3 is 5.97 Å². The van der Waals surface area contributed by atoms with Crippen molar-refractivity contribution in [1.82, 2.24) is 0 Å². The average Bonchev–Trinajstić information content (AvgIpc) is 2.94. The summed E-state index contributed by atoms with van der Waals surface area (Å²) < 4.78 is 5.13. The molecule has 1 aromatic heterocycles. The van der Waals surface area contributed by atoms with Crippen LogP contribution in [0.15, 0.2) is 35.7 Å². The third kappa shape index (κ3) is 4.94. The summed E-state index contributed by atoms with van der Waals surface area (Å²) in [6.45, 7) is 5.34. The Kier molecular flexibility index (Phi) is 6.17. The standard InChI is InChI=1S/C18H18ClNO3S/c1-11-4-5-14(19)10-15(11)20-18(22)13(3)23-17(21)7-6-16-12(2)8-9-24-16/h4-10,13H,1-3H3,(H,20,22)/b7-6+/t13-/m0/s1. The van der Waals surface area contributed by atoms with Gasteiger partial charge in [-0.25, -0.2) is 4.79 Å². The van der Waals surface area contributed by atoms with Gasteiger partial charge in [0.2, 0.25) is 0 Å². The Labute approximate surface area is 150 Å². The number of benzene rings is 1. The molecule has 6 heteroatoms. The summed E-state index contributed by atoms with van der Waals surface area (Å²) in [6.07, 6.45) is 2.10. The molecule has 0 bridgehead atoms. The quantitative estimate of drug-likeness (QED) is 0.623. The molecule has 126 valence electrons. The molecule has 0 aliphatic carbocycles. The van der Waals surface area contributed by atoms with E-state index in [9.17, 15) is 9.59 Å². The SMILES string of the molecule is Cc1ccc(Cl)cc1NC(=O)[C@H](C)OC(=O)/C=C/c1sccc1C. The number of ether oxygens (including phenoxy) is 1. The monoisotopic (exact) mass is 363 g/mol. The third-order valence-electron chi connectivity index (χ3n) is 3.39. The summed E-state index contributed by atoms with van der Waals surface area (Å²) in [5.41, 5.74) is 2.56. The minimum absolute atomic E-state index is 0.408. The van der Waals surface area contributed by atoms with E-state index in [4.69, 9.17) is 16.3 Å². The van der Waals surface area contributed by atoms with Crippen LogP contribution < -0.4 is 5.32 Å². The van der Waals surface area contributed by atoms with Crippen LogP contribution in [0.5, 0.6) is 0 Å². The number of esters is 1.